The van der Waals surface area contributed by atoms with Crippen LogP contribution in [0, 0.1) is 0 Å². The van der Waals surface area contributed by atoms with Gasteiger partial charge in [0, 0.05) is 52.8 Å². The molecule has 51 heavy (non-hydrogen) atoms. The summed E-state index contributed by atoms with van der Waals surface area (Å²) in [5.41, 5.74) is 7.76. The Kier molecular flexibility index (Phi) is 6.05. The molecule has 0 fully saturated rings. The van der Waals surface area contributed by atoms with Crippen molar-refractivity contribution in [1.29, 1.82) is 0 Å². The number of aromatic nitrogens is 4. The largest absolute Gasteiger partial charge is 0.456 e. The van der Waals surface area contributed by atoms with Gasteiger partial charge in [-0.3, -0.25) is 4.57 Å². The van der Waals surface area contributed by atoms with Crippen LogP contribution in [0.3, 0.4) is 0 Å². The normalized spacial score (nSPS) is 11.9. The van der Waals surface area contributed by atoms with E-state index in [-0.39, 0.29) is 0 Å². The third-order valence-electron chi connectivity index (χ3n) is 9.89. The van der Waals surface area contributed by atoms with E-state index in [0.29, 0.717) is 17.6 Å². The smallest absolute Gasteiger partial charge is 0.238 e. The molecule has 0 radical (unpaired) electrons. The number of rotatable bonds is 4. The average molecular weight is 671 g/mol. The van der Waals surface area contributed by atoms with Gasteiger partial charge in [0.1, 0.15) is 11.2 Å². The SMILES string of the molecule is c1ccc(-c2nc(-c3cccc4oc5cccc(-c6ccc7c(c6)sc6ccccc67)c5c34)nc(-n3c4ccccc4c4ccccc43)n2)cc1. The van der Waals surface area contributed by atoms with Crippen molar-refractivity contribution in [1.82, 2.24) is 19.5 Å². The van der Waals surface area contributed by atoms with Gasteiger partial charge in [-0.15, -0.1) is 11.3 Å². The number of hydrogen-bond acceptors (Lipinski definition) is 5. The average Bonchev–Trinajstić information content (AvgIpc) is 3.87. The molecule has 0 saturated carbocycles. The first-order chi connectivity index (χ1) is 25.3. The molecule has 0 spiro atoms. The number of fused-ring (bicyclic) bond motifs is 9. The monoisotopic (exact) mass is 670 g/mol. The molecule has 0 atom stereocenters. The highest BCUT2D eigenvalue weighted by Crippen LogP contribution is 2.43. The first-order valence-corrected chi connectivity index (χ1v) is 17.8. The fourth-order valence-electron chi connectivity index (χ4n) is 7.63. The van der Waals surface area contributed by atoms with E-state index in [4.69, 9.17) is 19.4 Å². The minimum Gasteiger partial charge on any atom is -0.456 e. The Morgan fingerprint density at radius 1 is 0.431 bits per heavy atom. The lowest BCUT2D eigenvalue weighted by Crippen LogP contribution is -2.06. The van der Waals surface area contributed by atoms with Crippen molar-refractivity contribution in [2.75, 3.05) is 0 Å². The van der Waals surface area contributed by atoms with E-state index in [2.05, 4.69) is 114 Å². The summed E-state index contributed by atoms with van der Waals surface area (Å²) in [5, 5.41) is 6.91. The standard InChI is InChI=1S/C45H26N4OS/c1-2-12-27(13-3-1)43-46-44(48-45(47-43)49-35-19-7-4-14-30(35)31-15-5-8-20-36(31)49)34-18-11-22-38-42(34)41-29(17-10-21-37(41)50-38)28-24-25-33-32-16-6-9-23-39(32)51-40(33)26-28/h1-26H. The molecular weight excluding hydrogens is 645 g/mol. The summed E-state index contributed by atoms with van der Waals surface area (Å²) >= 11 is 1.83. The van der Waals surface area contributed by atoms with Crippen molar-refractivity contribution in [2.45, 2.75) is 0 Å². The van der Waals surface area contributed by atoms with Gasteiger partial charge in [0.15, 0.2) is 11.6 Å². The lowest BCUT2D eigenvalue weighted by Gasteiger charge is -2.12. The Labute approximate surface area is 295 Å². The van der Waals surface area contributed by atoms with Gasteiger partial charge in [-0.2, -0.15) is 9.97 Å². The lowest BCUT2D eigenvalue weighted by molar-refractivity contribution is 0.669. The number of thiophene rings is 1. The Morgan fingerprint density at radius 2 is 1.04 bits per heavy atom. The molecule has 11 rings (SSSR count). The van der Waals surface area contributed by atoms with Crippen molar-refractivity contribution in [3.63, 3.8) is 0 Å². The van der Waals surface area contributed by atoms with Crippen LogP contribution in [0.25, 0.3) is 104 Å². The molecule has 0 N–H and O–H groups in total. The van der Waals surface area contributed by atoms with Gasteiger partial charge in [-0.05, 0) is 47.5 Å². The Morgan fingerprint density at radius 3 is 1.80 bits per heavy atom. The van der Waals surface area contributed by atoms with Crippen molar-refractivity contribution in [3.05, 3.63) is 158 Å². The van der Waals surface area contributed by atoms with Crippen molar-refractivity contribution < 1.29 is 4.42 Å². The van der Waals surface area contributed by atoms with Gasteiger partial charge in [0.05, 0.1) is 11.0 Å². The van der Waals surface area contributed by atoms with Crippen LogP contribution in [0.2, 0.25) is 0 Å². The molecule has 7 aromatic carbocycles. The maximum atomic E-state index is 6.57. The first-order valence-electron chi connectivity index (χ1n) is 16.9. The maximum absolute atomic E-state index is 6.57. The van der Waals surface area contributed by atoms with Crippen LogP contribution in [0.1, 0.15) is 0 Å². The van der Waals surface area contributed by atoms with Crippen molar-refractivity contribution in [3.8, 4) is 39.9 Å². The number of para-hydroxylation sites is 2. The summed E-state index contributed by atoms with van der Waals surface area (Å²) in [5.74, 6) is 1.76. The topological polar surface area (TPSA) is 56.7 Å². The van der Waals surface area contributed by atoms with Crippen LogP contribution in [0.4, 0.5) is 0 Å². The molecule has 4 heterocycles. The van der Waals surface area contributed by atoms with Gasteiger partial charge in [-0.25, -0.2) is 4.98 Å². The minimum absolute atomic E-state index is 0.566. The molecule has 4 aromatic heterocycles. The molecule has 0 unspecified atom stereocenters. The lowest BCUT2D eigenvalue weighted by atomic mass is 9.96. The summed E-state index contributed by atoms with van der Waals surface area (Å²) in [6.07, 6.45) is 0. The van der Waals surface area contributed by atoms with Crippen LogP contribution < -0.4 is 0 Å². The van der Waals surface area contributed by atoms with Gasteiger partial charge >= 0.3 is 0 Å². The molecule has 238 valence electrons. The van der Waals surface area contributed by atoms with Crippen molar-refractivity contribution >= 4 is 75.3 Å². The highest BCUT2D eigenvalue weighted by atomic mass is 32.1. The van der Waals surface area contributed by atoms with Crippen LogP contribution in [-0.2, 0) is 0 Å². The quantitative estimate of drug-likeness (QED) is 0.187. The Balaban J connectivity index is 1.19. The molecule has 5 nitrogen and oxygen atoms in total. The van der Waals surface area contributed by atoms with E-state index >= 15 is 0 Å². The molecule has 0 bridgehead atoms. The summed E-state index contributed by atoms with van der Waals surface area (Å²) in [7, 11) is 0. The second-order valence-corrected chi connectivity index (χ2v) is 13.9. The van der Waals surface area contributed by atoms with Gasteiger partial charge < -0.3 is 4.42 Å². The van der Waals surface area contributed by atoms with E-state index in [1.807, 2.05) is 59.9 Å². The fourth-order valence-corrected chi connectivity index (χ4v) is 8.77. The molecule has 0 aliphatic rings. The van der Waals surface area contributed by atoms with Crippen LogP contribution in [0.5, 0.6) is 0 Å². The number of hydrogen-bond donors (Lipinski definition) is 0. The second-order valence-electron chi connectivity index (χ2n) is 12.8. The van der Waals surface area contributed by atoms with Crippen LogP contribution in [-0.4, -0.2) is 19.5 Å². The van der Waals surface area contributed by atoms with Gasteiger partial charge in [0.2, 0.25) is 5.95 Å². The Bertz CT molecular complexity index is 3100. The highest BCUT2D eigenvalue weighted by Gasteiger charge is 2.22. The molecule has 0 aliphatic carbocycles. The third kappa shape index (κ3) is 4.30. The highest BCUT2D eigenvalue weighted by molar-refractivity contribution is 7.25. The summed E-state index contributed by atoms with van der Waals surface area (Å²) < 4.78 is 11.3. The van der Waals surface area contributed by atoms with Gasteiger partial charge in [-0.1, -0.05) is 121 Å². The zero-order valence-electron chi connectivity index (χ0n) is 27.1. The predicted molar refractivity (Wildman–Crippen MR) is 211 cm³/mol. The van der Waals surface area contributed by atoms with Gasteiger partial charge in [0.25, 0.3) is 0 Å². The zero-order chi connectivity index (χ0) is 33.5. The predicted octanol–water partition coefficient (Wildman–Crippen LogP) is 12.2. The first kappa shape index (κ1) is 28.2. The Hall–Kier alpha value is -6.63. The summed E-state index contributed by atoms with van der Waals surface area (Å²) in [6, 6.07) is 54.9. The molecule has 0 aliphatic heterocycles. The fraction of sp³-hybridized carbons (Fsp3) is 0. The number of furan rings is 1. The number of benzene rings is 7. The van der Waals surface area contributed by atoms with E-state index < -0.39 is 0 Å². The van der Waals surface area contributed by atoms with E-state index in [0.717, 1.165) is 66.0 Å². The van der Waals surface area contributed by atoms with E-state index in [9.17, 15) is 0 Å². The zero-order valence-corrected chi connectivity index (χ0v) is 27.9. The summed E-state index contributed by atoms with van der Waals surface area (Å²) in [6.45, 7) is 0. The second kappa shape index (κ2) is 10.9. The molecule has 11 aromatic rings. The van der Waals surface area contributed by atoms with E-state index in [1.54, 1.807) is 0 Å². The van der Waals surface area contributed by atoms with Crippen molar-refractivity contribution in [2.24, 2.45) is 0 Å². The van der Waals surface area contributed by atoms with E-state index in [1.165, 1.54) is 20.2 Å². The molecule has 6 heteroatoms. The number of nitrogens with zero attached hydrogens (tertiary/aromatic N) is 4. The van der Waals surface area contributed by atoms with Crippen LogP contribution >= 0.6 is 11.3 Å². The molecule has 0 amide bonds. The summed E-state index contributed by atoms with van der Waals surface area (Å²) in [4.78, 5) is 15.6. The minimum atomic E-state index is 0.566. The molecular formula is C45H26N4OS. The van der Waals surface area contributed by atoms with Crippen LogP contribution in [0.15, 0.2) is 162 Å². The third-order valence-corrected chi connectivity index (χ3v) is 11.0. The molecule has 0 saturated heterocycles. The maximum Gasteiger partial charge on any atom is 0.238 e.